The number of hydrogen-bond donors (Lipinski definition) is 1. The molecule has 8 heteroatoms. The number of piperidine rings is 3. The number of nitrogens with zero attached hydrogens (tertiary/aromatic N) is 4. The van der Waals surface area contributed by atoms with Gasteiger partial charge in [-0.15, -0.1) is 0 Å². The van der Waals surface area contributed by atoms with Gasteiger partial charge in [0.1, 0.15) is 5.60 Å². The summed E-state index contributed by atoms with van der Waals surface area (Å²) < 4.78 is 7.27. The monoisotopic (exact) mass is 351 g/mol. The van der Waals surface area contributed by atoms with Crippen LogP contribution < -0.4 is 10.6 Å². The molecule has 23 heavy (non-hydrogen) atoms. The van der Waals surface area contributed by atoms with E-state index in [4.69, 9.17) is 22.1 Å². The Labute approximate surface area is 143 Å². The van der Waals surface area contributed by atoms with Gasteiger partial charge in [0, 0.05) is 12.7 Å². The minimum atomic E-state index is -0.438. The summed E-state index contributed by atoms with van der Waals surface area (Å²) in [4.78, 5) is 13.5. The van der Waals surface area contributed by atoms with Crippen LogP contribution in [0.4, 0.5) is 5.13 Å². The molecule has 0 aromatic carbocycles. The number of ether oxygens (including phenoxy) is 1. The molecule has 0 saturated carbocycles. The molecule has 2 atom stereocenters. The molecule has 2 unspecified atom stereocenters. The average molecular weight is 352 g/mol. The molecule has 4 fully saturated rings. The van der Waals surface area contributed by atoms with Crippen molar-refractivity contribution in [3.63, 3.8) is 0 Å². The summed E-state index contributed by atoms with van der Waals surface area (Å²) in [5.74, 6) is 0.602. The Kier molecular flexibility index (Phi) is 3.12. The van der Waals surface area contributed by atoms with Gasteiger partial charge < -0.3 is 14.5 Å². The predicted molar refractivity (Wildman–Crippen MR) is 90.7 cm³/mol. The lowest BCUT2D eigenvalue weighted by atomic mass is 9.75. The number of nitrogens with two attached hydrogens (primary N) is 1. The lowest BCUT2D eigenvalue weighted by Crippen LogP contribution is -2.61. The van der Waals surface area contributed by atoms with E-state index in [1.165, 1.54) is 25.9 Å². The number of rotatable bonds is 1. The van der Waals surface area contributed by atoms with E-state index in [2.05, 4.69) is 19.8 Å². The molecule has 6 nitrogen and oxygen atoms in total. The van der Waals surface area contributed by atoms with Crippen molar-refractivity contribution in [2.24, 2.45) is 11.7 Å². The van der Waals surface area contributed by atoms with Gasteiger partial charge in [0.15, 0.2) is 17.1 Å². The Hall–Kier alpha value is -0.990. The van der Waals surface area contributed by atoms with E-state index in [0.29, 0.717) is 10.9 Å². The lowest BCUT2D eigenvalue weighted by Gasteiger charge is -2.50. The number of halogens is 1. The predicted octanol–water partition coefficient (Wildman–Crippen LogP) is 1.89. The van der Waals surface area contributed by atoms with Crippen LogP contribution in [0.5, 0.6) is 0 Å². The Morgan fingerprint density at radius 3 is 2.91 bits per heavy atom. The van der Waals surface area contributed by atoms with Gasteiger partial charge >= 0.3 is 0 Å². The first kappa shape index (κ1) is 14.4. The van der Waals surface area contributed by atoms with Crippen molar-refractivity contribution < 1.29 is 4.74 Å². The molecule has 6 rings (SSSR count). The summed E-state index contributed by atoms with van der Waals surface area (Å²) in [5.41, 5.74) is 6.88. The van der Waals surface area contributed by atoms with Crippen LogP contribution in [0.3, 0.4) is 0 Å². The molecule has 2 N–H and O–H groups in total. The zero-order valence-corrected chi connectivity index (χ0v) is 14.2. The second-order valence-electron chi connectivity index (χ2n) is 6.72. The van der Waals surface area contributed by atoms with Crippen LogP contribution in [-0.4, -0.2) is 53.0 Å². The van der Waals surface area contributed by atoms with Crippen molar-refractivity contribution in [2.45, 2.75) is 24.8 Å². The third-order valence-electron chi connectivity index (χ3n) is 5.37. The number of thiazole rings is 1. The first-order valence-corrected chi connectivity index (χ1v) is 9.17. The minimum absolute atomic E-state index is 0.140. The fourth-order valence-electron chi connectivity index (χ4n) is 4.24. The summed E-state index contributed by atoms with van der Waals surface area (Å²) in [5, 5.41) is 1.50. The molecule has 4 aliphatic rings. The van der Waals surface area contributed by atoms with Crippen molar-refractivity contribution in [2.75, 3.05) is 31.1 Å². The molecule has 0 amide bonds. The molecule has 0 radical (unpaired) electrons. The maximum atomic E-state index is 6.31. The number of pyridine rings is 1. The number of fused-ring (bicyclic) bond motifs is 3. The fourth-order valence-corrected chi connectivity index (χ4v) is 5.45. The second kappa shape index (κ2) is 5.00. The van der Waals surface area contributed by atoms with Crippen molar-refractivity contribution in [3.8, 4) is 0 Å². The molecule has 2 aromatic rings. The maximum Gasteiger partial charge on any atom is 0.191 e. The van der Waals surface area contributed by atoms with Crippen molar-refractivity contribution in [3.05, 3.63) is 17.3 Å². The average Bonchev–Trinajstić information content (AvgIpc) is 3.09. The van der Waals surface area contributed by atoms with E-state index in [1.54, 1.807) is 17.5 Å². The van der Waals surface area contributed by atoms with Crippen molar-refractivity contribution in [1.82, 2.24) is 14.9 Å². The largest absolute Gasteiger partial charge is 0.335 e. The van der Waals surface area contributed by atoms with E-state index >= 15 is 0 Å². The van der Waals surface area contributed by atoms with E-state index in [0.717, 1.165) is 28.6 Å². The molecule has 1 spiro atoms. The third kappa shape index (κ3) is 2.18. The maximum absolute atomic E-state index is 6.31. The van der Waals surface area contributed by atoms with Crippen LogP contribution >= 0.6 is 22.9 Å². The van der Waals surface area contributed by atoms with Gasteiger partial charge in [0.25, 0.3) is 0 Å². The topological polar surface area (TPSA) is 67.5 Å². The smallest absolute Gasteiger partial charge is 0.191 e. The molecular weight excluding hydrogens is 334 g/mol. The Morgan fingerprint density at radius 1 is 1.35 bits per heavy atom. The minimum Gasteiger partial charge on any atom is -0.335 e. The zero-order chi connectivity index (χ0) is 15.6. The molecule has 4 aliphatic heterocycles. The highest BCUT2D eigenvalue weighted by molar-refractivity contribution is 7.22. The molecule has 0 aliphatic carbocycles. The molecule has 2 aromatic heterocycles. The van der Waals surface area contributed by atoms with E-state index in [-0.39, 0.29) is 5.60 Å². The van der Waals surface area contributed by atoms with Crippen LogP contribution in [0.2, 0.25) is 5.02 Å². The fraction of sp³-hybridized carbons (Fsp3) is 0.600. The van der Waals surface area contributed by atoms with Crippen molar-refractivity contribution in [1.29, 1.82) is 0 Å². The second-order valence-corrected chi connectivity index (χ2v) is 8.17. The van der Waals surface area contributed by atoms with E-state index in [9.17, 15) is 0 Å². The molecule has 122 valence electrons. The summed E-state index contributed by atoms with van der Waals surface area (Å²) in [7, 11) is 0. The van der Waals surface area contributed by atoms with Gasteiger partial charge in [0.2, 0.25) is 0 Å². The SMILES string of the molecule is NC1OC2(CN3CCC2CC3)CN1c1nc2ncc(Cl)cc2s1. The quantitative estimate of drug-likeness (QED) is 0.846. The number of hydrogen-bond acceptors (Lipinski definition) is 7. The lowest BCUT2D eigenvalue weighted by molar-refractivity contribution is -0.137. The van der Waals surface area contributed by atoms with Crippen molar-refractivity contribution >= 4 is 38.4 Å². The summed E-state index contributed by atoms with van der Waals surface area (Å²) in [6, 6.07) is 1.90. The highest BCUT2D eigenvalue weighted by atomic mass is 35.5. The highest BCUT2D eigenvalue weighted by Gasteiger charge is 2.54. The van der Waals surface area contributed by atoms with Gasteiger partial charge in [0.05, 0.1) is 16.3 Å². The van der Waals surface area contributed by atoms with E-state index in [1.807, 2.05) is 6.07 Å². The Bertz CT molecular complexity index is 761. The van der Waals surface area contributed by atoms with Crippen LogP contribution in [0.25, 0.3) is 10.3 Å². The first-order chi connectivity index (χ1) is 11.1. The van der Waals surface area contributed by atoms with Gasteiger partial charge in [-0.3, -0.25) is 5.73 Å². The first-order valence-electron chi connectivity index (χ1n) is 7.97. The number of anilines is 1. The van der Waals surface area contributed by atoms with Gasteiger partial charge in [-0.2, -0.15) is 4.98 Å². The Morgan fingerprint density at radius 2 is 2.17 bits per heavy atom. The summed E-state index contributed by atoms with van der Waals surface area (Å²) in [6.07, 6.45) is 3.60. The highest BCUT2D eigenvalue weighted by Crippen LogP contribution is 2.44. The zero-order valence-electron chi connectivity index (χ0n) is 12.6. The van der Waals surface area contributed by atoms with Crippen LogP contribution in [0.15, 0.2) is 12.3 Å². The van der Waals surface area contributed by atoms with E-state index < -0.39 is 6.35 Å². The standard InChI is InChI=1S/C15H18ClN5OS/c16-10-5-11-12(18-6-10)19-14(23-11)21-8-15(22-13(21)17)7-20-3-1-9(15)2-4-20/h5-6,9,13H,1-4,7-8,17H2. The molecule has 6 heterocycles. The summed E-state index contributed by atoms with van der Waals surface area (Å²) >= 11 is 7.60. The summed E-state index contributed by atoms with van der Waals surface area (Å²) in [6.45, 7) is 4.17. The normalized spacial score (nSPS) is 36.4. The Balaban J connectivity index is 1.48. The van der Waals surface area contributed by atoms with Crippen LogP contribution in [-0.2, 0) is 4.74 Å². The van der Waals surface area contributed by atoms with Gasteiger partial charge in [-0.25, -0.2) is 4.98 Å². The molecule has 2 bridgehead atoms. The molecular formula is C15H18ClN5OS. The molecule has 4 saturated heterocycles. The third-order valence-corrected chi connectivity index (χ3v) is 6.61. The number of aromatic nitrogens is 2. The van der Waals surface area contributed by atoms with Crippen LogP contribution in [0.1, 0.15) is 12.8 Å². The van der Waals surface area contributed by atoms with Gasteiger partial charge in [-0.05, 0) is 37.9 Å². The van der Waals surface area contributed by atoms with Crippen LogP contribution in [0, 0.1) is 5.92 Å². The van der Waals surface area contributed by atoms with Gasteiger partial charge in [-0.1, -0.05) is 22.9 Å².